The minimum Gasteiger partial charge on any atom is -0.462 e. The first kappa shape index (κ1) is 62.4. The van der Waals surface area contributed by atoms with Crippen LogP contribution in [0, 0.1) is 5.92 Å². The van der Waals surface area contributed by atoms with Crippen molar-refractivity contribution in [2.45, 2.75) is 336 Å². The van der Waals surface area contributed by atoms with Crippen LogP contribution in [-0.2, 0) is 28.6 Å². The van der Waals surface area contributed by atoms with Crippen LogP contribution >= 0.6 is 0 Å². The van der Waals surface area contributed by atoms with Crippen LogP contribution in [-0.4, -0.2) is 37.2 Å². The normalized spacial score (nSPS) is 12.4. The molecule has 0 rings (SSSR count). The molecule has 380 valence electrons. The van der Waals surface area contributed by atoms with E-state index in [1.807, 2.05) is 0 Å². The molecule has 0 heterocycles. The molecular weight excluding hydrogens is 793 g/mol. The molecule has 0 saturated carbocycles. The molecule has 0 aromatic rings. The smallest absolute Gasteiger partial charge is 0.306 e. The molecule has 1 unspecified atom stereocenters. The standard InChI is InChI=1S/C58H112O6/c1-5-8-10-12-13-14-15-16-17-18-19-23-26-29-32-35-38-42-46-50-57(60)63-53-55(52-62-56(59)49-45-40-11-9-6-2)64-58(61)51-47-43-39-36-33-30-27-24-21-20-22-25-28-31-34-37-41-44-48-54(4)7-3/h54-55H,5-53H2,1-4H3/t54?,55-/m0/s1. The van der Waals surface area contributed by atoms with Gasteiger partial charge in [-0.1, -0.05) is 291 Å². The van der Waals surface area contributed by atoms with E-state index in [4.69, 9.17) is 14.2 Å². The number of carbonyl (C=O) groups excluding carboxylic acids is 3. The molecular formula is C58H112O6. The first-order valence-electron chi connectivity index (χ1n) is 28.9. The average molecular weight is 906 g/mol. The lowest BCUT2D eigenvalue weighted by molar-refractivity contribution is -0.167. The van der Waals surface area contributed by atoms with Gasteiger partial charge in [0.25, 0.3) is 0 Å². The summed E-state index contributed by atoms with van der Waals surface area (Å²) in [5.74, 6) is 0.0565. The summed E-state index contributed by atoms with van der Waals surface area (Å²) >= 11 is 0. The SMILES string of the molecule is CCCCCCCCCCCCCCCCCCCCCC(=O)OC[C@H](COC(=O)CCCCCCC)OC(=O)CCCCCCCCCCCCCCCCCCCCC(C)CC. The fraction of sp³-hybridized carbons (Fsp3) is 0.948. The Hall–Kier alpha value is -1.59. The maximum atomic E-state index is 12.8. The zero-order valence-electron chi connectivity index (χ0n) is 43.8. The summed E-state index contributed by atoms with van der Waals surface area (Å²) in [6, 6.07) is 0. The molecule has 0 amide bonds. The van der Waals surface area contributed by atoms with Gasteiger partial charge in [0.15, 0.2) is 6.10 Å². The molecule has 0 aliphatic rings. The van der Waals surface area contributed by atoms with E-state index < -0.39 is 6.10 Å². The molecule has 0 aliphatic carbocycles. The van der Waals surface area contributed by atoms with Crippen molar-refractivity contribution in [3.8, 4) is 0 Å². The van der Waals surface area contributed by atoms with E-state index in [0.717, 1.165) is 70.1 Å². The summed E-state index contributed by atoms with van der Waals surface area (Å²) in [5.41, 5.74) is 0. The number of carbonyl (C=O) groups is 3. The van der Waals surface area contributed by atoms with Gasteiger partial charge >= 0.3 is 17.9 Å². The molecule has 0 fully saturated rings. The van der Waals surface area contributed by atoms with E-state index in [2.05, 4.69) is 27.7 Å². The van der Waals surface area contributed by atoms with E-state index >= 15 is 0 Å². The zero-order chi connectivity index (χ0) is 46.7. The van der Waals surface area contributed by atoms with E-state index in [1.54, 1.807) is 0 Å². The van der Waals surface area contributed by atoms with Gasteiger partial charge in [-0.15, -0.1) is 0 Å². The Morgan fingerprint density at radius 3 is 0.812 bits per heavy atom. The summed E-state index contributed by atoms with van der Waals surface area (Å²) in [5, 5.41) is 0. The molecule has 64 heavy (non-hydrogen) atoms. The average Bonchev–Trinajstić information content (AvgIpc) is 3.29. The zero-order valence-corrected chi connectivity index (χ0v) is 43.8. The summed E-state index contributed by atoms with van der Waals surface area (Å²) in [6.45, 7) is 9.02. The van der Waals surface area contributed by atoms with Crippen molar-refractivity contribution in [1.82, 2.24) is 0 Å². The molecule has 0 spiro atoms. The number of ether oxygens (including phenoxy) is 3. The summed E-state index contributed by atoms with van der Waals surface area (Å²) in [4.78, 5) is 37.8. The lowest BCUT2D eigenvalue weighted by atomic mass is 9.99. The van der Waals surface area contributed by atoms with Gasteiger partial charge in [0, 0.05) is 19.3 Å². The monoisotopic (exact) mass is 905 g/mol. The quantitative estimate of drug-likeness (QED) is 0.0344. The van der Waals surface area contributed by atoms with Crippen molar-refractivity contribution in [2.24, 2.45) is 5.92 Å². The first-order valence-corrected chi connectivity index (χ1v) is 28.9. The Morgan fingerprint density at radius 1 is 0.312 bits per heavy atom. The molecule has 0 aromatic heterocycles. The number of hydrogen-bond acceptors (Lipinski definition) is 6. The lowest BCUT2D eigenvalue weighted by Gasteiger charge is -2.18. The van der Waals surface area contributed by atoms with Crippen molar-refractivity contribution in [2.75, 3.05) is 13.2 Å². The van der Waals surface area contributed by atoms with Crippen molar-refractivity contribution in [3.05, 3.63) is 0 Å². The molecule has 0 radical (unpaired) electrons. The second-order valence-corrected chi connectivity index (χ2v) is 20.2. The molecule has 6 nitrogen and oxygen atoms in total. The molecule has 6 heteroatoms. The summed E-state index contributed by atoms with van der Waals surface area (Å²) in [6.07, 6.45) is 57.1. The molecule has 0 bridgehead atoms. The van der Waals surface area contributed by atoms with Gasteiger partial charge in [-0.2, -0.15) is 0 Å². The van der Waals surface area contributed by atoms with Gasteiger partial charge in [0.2, 0.25) is 0 Å². The first-order chi connectivity index (χ1) is 31.4. The van der Waals surface area contributed by atoms with Crippen LogP contribution in [0.25, 0.3) is 0 Å². The molecule has 2 atom stereocenters. The van der Waals surface area contributed by atoms with E-state index in [0.29, 0.717) is 19.3 Å². The molecule has 0 aromatic carbocycles. The Labute approximate surface area is 399 Å². The van der Waals surface area contributed by atoms with Crippen LogP contribution in [0.5, 0.6) is 0 Å². The Kier molecular flexibility index (Phi) is 51.1. The third-order valence-corrected chi connectivity index (χ3v) is 13.7. The predicted molar refractivity (Wildman–Crippen MR) is 275 cm³/mol. The third kappa shape index (κ3) is 49.8. The van der Waals surface area contributed by atoms with Crippen LogP contribution in [0.4, 0.5) is 0 Å². The minimum absolute atomic E-state index is 0.0632. The van der Waals surface area contributed by atoms with E-state index in [1.165, 1.54) is 218 Å². The van der Waals surface area contributed by atoms with Crippen molar-refractivity contribution >= 4 is 17.9 Å². The Morgan fingerprint density at radius 2 is 0.547 bits per heavy atom. The van der Waals surface area contributed by atoms with Gasteiger partial charge in [0.1, 0.15) is 13.2 Å². The van der Waals surface area contributed by atoms with Gasteiger partial charge in [-0.25, -0.2) is 0 Å². The maximum absolute atomic E-state index is 12.8. The van der Waals surface area contributed by atoms with Gasteiger partial charge < -0.3 is 14.2 Å². The van der Waals surface area contributed by atoms with Crippen LogP contribution in [0.2, 0.25) is 0 Å². The van der Waals surface area contributed by atoms with Crippen molar-refractivity contribution in [3.63, 3.8) is 0 Å². The van der Waals surface area contributed by atoms with Gasteiger partial charge in [0.05, 0.1) is 0 Å². The molecule has 0 aliphatic heterocycles. The highest BCUT2D eigenvalue weighted by atomic mass is 16.6. The van der Waals surface area contributed by atoms with Crippen molar-refractivity contribution < 1.29 is 28.6 Å². The largest absolute Gasteiger partial charge is 0.462 e. The third-order valence-electron chi connectivity index (χ3n) is 13.7. The topological polar surface area (TPSA) is 78.9 Å². The summed E-state index contributed by atoms with van der Waals surface area (Å²) in [7, 11) is 0. The number of esters is 3. The Bertz CT molecular complexity index is 966. The van der Waals surface area contributed by atoms with Crippen LogP contribution < -0.4 is 0 Å². The summed E-state index contributed by atoms with van der Waals surface area (Å²) < 4.78 is 16.7. The fourth-order valence-electron chi connectivity index (χ4n) is 8.89. The Balaban J connectivity index is 4.03. The van der Waals surface area contributed by atoms with Gasteiger partial charge in [-0.05, 0) is 25.2 Å². The number of rotatable bonds is 53. The van der Waals surface area contributed by atoms with Crippen LogP contribution in [0.1, 0.15) is 329 Å². The van der Waals surface area contributed by atoms with E-state index in [9.17, 15) is 14.4 Å². The maximum Gasteiger partial charge on any atom is 0.306 e. The highest BCUT2D eigenvalue weighted by Crippen LogP contribution is 2.18. The fourth-order valence-corrected chi connectivity index (χ4v) is 8.89. The van der Waals surface area contributed by atoms with Gasteiger partial charge in [-0.3, -0.25) is 14.4 Å². The highest BCUT2D eigenvalue weighted by molar-refractivity contribution is 5.71. The highest BCUT2D eigenvalue weighted by Gasteiger charge is 2.19. The van der Waals surface area contributed by atoms with Crippen LogP contribution in [0.15, 0.2) is 0 Å². The number of unbranched alkanes of at least 4 members (excludes halogenated alkanes) is 39. The second kappa shape index (κ2) is 52.4. The second-order valence-electron chi connectivity index (χ2n) is 20.2. The van der Waals surface area contributed by atoms with E-state index in [-0.39, 0.29) is 31.1 Å². The molecule has 0 N–H and O–H groups in total. The van der Waals surface area contributed by atoms with Crippen molar-refractivity contribution in [1.29, 1.82) is 0 Å². The van der Waals surface area contributed by atoms with Crippen LogP contribution in [0.3, 0.4) is 0 Å². The predicted octanol–water partition coefficient (Wildman–Crippen LogP) is 19.0. The lowest BCUT2D eigenvalue weighted by Crippen LogP contribution is -2.30. The number of hydrogen-bond donors (Lipinski definition) is 0. The molecule has 0 saturated heterocycles. The minimum atomic E-state index is -0.760.